The van der Waals surface area contributed by atoms with Gasteiger partial charge in [-0.15, -0.1) is 0 Å². The third kappa shape index (κ3) is 4.68. The maximum Gasteiger partial charge on any atom is 0.248 e. The summed E-state index contributed by atoms with van der Waals surface area (Å²) in [7, 11) is 0. The van der Waals surface area contributed by atoms with Crippen LogP contribution in [0.25, 0.3) is 0 Å². The molecule has 16 heavy (non-hydrogen) atoms. The Morgan fingerprint density at radius 1 is 1.31 bits per heavy atom. The van der Waals surface area contributed by atoms with Crippen LogP contribution in [0, 0.1) is 6.92 Å². The number of anilines is 2. The highest BCUT2D eigenvalue weighted by molar-refractivity contribution is 5.58. The van der Waals surface area contributed by atoms with Crippen molar-refractivity contribution < 1.29 is 0 Å². The molecule has 0 saturated carbocycles. The van der Waals surface area contributed by atoms with Crippen LogP contribution in [0.5, 0.6) is 0 Å². The average Bonchev–Trinajstić information content (AvgIpc) is 2.22. The average molecular weight is 222 g/mol. The number of nitrogens with one attached hydrogen (secondary N) is 1. The van der Waals surface area contributed by atoms with Gasteiger partial charge in [0.1, 0.15) is 5.82 Å². The van der Waals surface area contributed by atoms with Crippen molar-refractivity contribution in [1.29, 1.82) is 0 Å². The van der Waals surface area contributed by atoms with E-state index in [9.17, 15) is 0 Å². The van der Waals surface area contributed by atoms with Gasteiger partial charge in [-0.2, -0.15) is 20.1 Å². The fraction of sp³-hybridized carbons (Fsp3) is 0.600. The molecule has 0 fully saturated rings. The van der Waals surface area contributed by atoms with E-state index in [0.717, 1.165) is 12.8 Å². The minimum absolute atomic E-state index is 0.205. The highest BCUT2D eigenvalue weighted by Gasteiger charge is 1.98. The van der Waals surface area contributed by atoms with Gasteiger partial charge in [0.25, 0.3) is 0 Å². The van der Waals surface area contributed by atoms with Gasteiger partial charge in [0.05, 0.1) is 0 Å². The second kappa shape index (κ2) is 6.71. The second-order valence-corrected chi connectivity index (χ2v) is 3.48. The Kier molecular flexibility index (Phi) is 5.18. The molecular formula is C10H18N6. The molecule has 88 valence electrons. The lowest BCUT2D eigenvalue weighted by Crippen LogP contribution is -2.04. The zero-order valence-electron chi connectivity index (χ0n) is 9.77. The maximum atomic E-state index is 5.48. The highest BCUT2D eigenvalue weighted by atomic mass is 15.4. The summed E-state index contributed by atoms with van der Waals surface area (Å²) >= 11 is 0. The van der Waals surface area contributed by atoms with Crippen molar-refractivity contribution in [2.24, 2.45) is 5.10 Å². The number of hydrazone groups is 1. The molecule has 0 unspecified atom stereocenters. The molecule has 1 aromatic rings. The van der Waals surface area contributed by atoms with Gasteiger partial charge in [-0.1, -0.05) is 19.8 Å². The minimum atomic E-state index is 0.205. The van der Waals surface area contributed by atoms with E-state index in [4.69, 9.17) is 5.73 Å². The van der Waals surface area contributed by atoms with Gasteiger partial charge >= 0.3 is 0 Å². The van der Waals surface area contributed by atoms with Crippen LogP contribution in [0.3, 0.4) is 0 Å². The predicted molar refractivity (Wildman–Crippen MR) is 65.2 cm³/mol. The van der Waals surface area contributed by atoms with Gasteiger partial charge < -0.3 is 5.73 Å². The van der Waals surface area contributed by atoms with E-state index >= 15 is 0 Å². The van der Waals surface area contributed by atoms with Gasteiger partial charge in [-0.05, 0) is 19.8 Å². The molecule has 0 atom stereocenters. The molecule has 6 nitrogen and oxygen atoms in total. The Balaban J connectivity index is 2.36. The van der Waals surface area contributed by atoms with Gasteiger partial charge in [0.2, 0.25) is 11.9 Å². The largest absolute Gasteiger partial charge is 0.368 e. The second-order valence-electron chi connectivity index (χ2n) is 3.48. The van der Waals surface area contributed by atoms with Crippen molar-refractivity contribution in [3.8, 4) is 0 Å². The van der Waals surface area contributed by atoms with Crippen molar-refractivity contribution in [2.45, 2.75) is 39.5 Å². The van der Waals surface area contributed by atoms with Crippen molar-refractivity contribution in [3.05, 3.63) is 5.82 Å². The van der Waals surface area contributed by atoms with E-state index in [1.54, 1.807) is 6.92 Å². The van der Waals surface area contributed by atoms with Crippen LogP contribution in [-0.4, -0.2) is 21.2 Å². The smallest absolute Gasteiger partial charge is 0.248 e. The lowest BCUT2D eigenvalue weighted by Gasteiger charge is -2.00. The molecule has 0 amide bonds. The van der Waals surface area contributed by atoms with Gasteiger partial charge in [-0.25, -0.2) is 5.43 Å². The van der Waals surface area contributed by atoms with E-state index in [1.807, 2.05) is 6.21 Å². The van der Waals surface area contributed by atoms with Crippen molar-refractivity contribution in [1.82, 2.24) is 15.0 Å². The molecule has 0 aliphatic rings. The quantitative estimate of drug-likeness (QED) is 0.434. The Hall–Kier alpha value is -1.72. The van der Waals surface area contributed by atoms with Gasteiger partial charge in [0.15, 0.2) is 0 Å². The van der Waals surface area contributed by atoms with Crippen LogP contribution in [0.1, 0.15) is 38.4 Å². The van der Waals surface area contributed by atoms with E-state index < -0.39 is 0 Å². The molecule has 1 aromatic heterocycles. The maximum absolute atomic E-state index is 5.48. The first-order valence-corrected chi connectivity index (χ1v) is 5.48. The SMILES string of the molecule is CCCCC/C=N\Nc1nc(C)nc(N)n1. The van der Waals surface area contributed by atoms with Crippen molar-refractivity contribution in [3.63, 3.8) is 0 Å². The van der Waals surface area contributed by atoms with Crippen molar-refractivity contribution >= 4 is 18.1 Å². The van der Waals surface area contributed by atoms with Gasteiger partial charge in [-0.3, -0.25) is 0 Å². The lowest BCUT2D eigenvalue weighted by atomic mass is 10.2. The summed E-state index contributed by atoms with van der Waals surface area (Å²) in [5, 5.41) is 4.01. The van der Waals surface area contributed by atoms with Crippen LogP contribution in [0.15, 0.2) is 5.10 Å². The Morgan fingerprint density at radius 3 is 2.81 bits per heavy atom. The lowest BCUT2D eigenvalue weighted by molar-refractivity contribution is 0.746. The Morgan fingerprint density at radius 2 is 2.12 bits per heavy atom. The first-order chi connectivity index (χ1) is 7.72. The molecule has 1 heterocycles. The van der Waals surface area contributed by atoms with E-state index in [0.29, 0.717) is 11.8 Å². The first-order valence-electron chi connectivity index (χ1n) is 5.48. The van der Waals surface area contributed by atoms with E-state index in [2.05, 4.69) is 32.4 Å². The Labute approximate surface area is 95.4 Å². The number of nitrogen functional groups attached to an aromatic ring is 1. The number of hydrogen-bond donors (Lipinski definition) is 2. The summed E-state index contributed by atoms with van der Waals surface area (Å²) in [5.74, 6) is 1.17. The standard InChI is InChI=1S/C10H18N6/c1-3-4-5-6-7-12-16-10-14-8(2)13-9(11)15-10/h7H,3-6H2,1-2H3,(H3,11,13,14,15,16)/b12-7-. The summed E-state index contributed by atoms with van der Waals surface area (Å²) < 4.78 is 0. The van der Waals surface area contributed by atoms with Gasteiger partial charge in [0, 0.05) is 6.21 Å². The summed E-state index contributed by atoms with van der Waals surface area (Å²) in [6.45, 7) is 3.93. The van der Waals surface area contributed by atoms with E-state index in [1.165, 1.54) is 12.8 Å². The third-order valence-electron chi connectivity index (χ3n) is 1.96. The Bertz CT molecular complexity index is 329. The van der Waals surface area contributed by atoms with Crippen LogP contribution >= 0.6 is 0 Å². The molecule has 0 radical (unpaired) electrons. The fourth-order valence-electron chi connectivity index (χ4n) is 1.21. The van der Waals surface area contributed by atoms with Crippen LogP contribution < -0.4 is 11.2 Å². The number of nitrogens with zero attached hydrogens (tertiary/aromatic N) is 4. The monoisotopic (exact) mass is 222 g/mol. The minimum Gasteiger partial charge on any atom is -0.368 e. The topological polar surface area (TPSA) is 89.1 Å². The predicted octanol–water partition coefficient (Wildman–Crippen LogP) is 1.74. The summed E-state index contributed by atoms with van der Waals surface area (Å²) in [6.07, 6.45) is 6.37. The zero-order valence-corrected chi connectivity index (χ0v) is 9.77. The molecule has 3 N–H and O–H groups in total. The van der Waals surface area contributed by atoms with Crippen molar-refractivity contribution in [2.75, 3.05) is 11.2 Å². The third-order valence-corrected chi connectivity index (χ3v) is 1.96. The summed E-state index contributed by atoms with van der Waals surface area (Å²) in [6, 6.07) is 0. The van der Waals surface area contributed by atoms with Crippen LogP contribution in [0.4, 0.5) is 11.9 Å². The molecular weight excluding hydrogens is 204 g/mol. The molecule has 1 rings (SSSR count). The molecule has 6 heteroatoms. The summed E-state index contributed by atoms with van der Waals surface area (Å²) in [4.78, 5) is 11.8. The number of unbranched alkanes of at least 4 members (excludes halogenated alkanes) is 3. The number of nitrogens with two attached hydrogens (primary N) is 1. The van der Waals surface area contributed by atoms with Crippen LogP contribution in [-0.2, 0) is 0 Å². The molecule has 0 aliphatic heterocycles. The fourth-order valence-corrected chi connectivity index (χ4v) is 1.21. The molecule has 0 aromatic carbocycles. The molecule has 0 spiro atoms. The first kappa shape index (κ1) is 12.4. The number of aryl methyl sites for hydroxylation is 1. The molecule has 0 saturated heterocycles. The summed E-state index contributed by atoms with van der Waals surface area (Å²) in [5.41, 5.74) is 8.21. The zero-order chi connectivity index (χ0) is 11.8. The highest BCUT2D eigenvalue weighted by Crippen LogP contribution is 2.01. The normalized spacial score (nSPS) is 10.9. The number of hydrogen-bond acceptors (Lipinski definition) is 6. The van der Waals surface area contributed by atoms with Crippen LogP contribution in [0.2, 0.25) is 0 Å². The van der Waals surface area contributed by atoms with E-state index in [-0.39, 0.29) is 5.95 Å². The number of rotatable bonds is 6. The molecule has 0 aliphatic carbocycles. The molecule has 0 bridgehead atoms. The number of aromatic nitrogens is 3.